The predicted octanol–water partition coefficient (Wildman–Crippen LogP) is 0.554. The number of rotatable bonds is 3. The number of carboxylic acid groups (broad SMARTS) is 1. The molecule has 0 bridgehead atoms. The molecule has 1 fully saturated rings. The first-order valence-corrected chi connectivity index (χ1v) is 5.06. The maximum atomic E-state index is 10.7. The molecule has 1 aliphatic rings. The van der Waals surface area contributed by atoms with E-state index in [4.69, 9.17) is 10.2 Å². The number of carboxylic acids is 1. The van der Waals surface area contributed by atoms with E-state index in [9.17, 15) is 4.79 Å². The summed E-state index contributed by atoms with van der Waals surface area (Å²) in [6.45, 7) is 5.50. The third kappa shape index (κ3) is 2.45. The minimum atomic E-state index is -0.766. The van der Waals surface area contributed by atoms with Crippen molar-refractivity contribution in [1.82, 2.24) is 4.90 Å². The molecule has 0 amide bonds. The van der Waals surface area contributed by atoms with Gasteiger partial charge in [0.05, 0.1) is 0 Å². The predicted molar refractivity (Wildman–Crippen MR) is 53.1 cm³/mol. The van der Waals surface area contributed by atoms with Crippen molar-refractivity contribution in [1.29, 1.82) is 0 Å². The standard InChI is InChI=1S/C10H19NO3/c1-8(9(13)14)11-5-3-10(2,7-12)4-6-11/h8,12H,3-7H2,1-2H3,(H,13,14)/t8-/m1/s1. The highest BCUT2D eigenvalue weighted by atomic mass is 16.4. The summed E-state index contributed by atoms with van der Waals surface area (Å²) in [5.74, 6) is -0.766. The Kier molecular flexibility index (Phi) is 3.50. The zero-order valence-electron chi connectivity index (χ0n) is 8.86. The third-order valence-electron chi connectivity index (χ3n) is 3.29. The van der Waals surface area contributed by atoms with Crippen molar-refractivity contribution in [2.24, 2.45) is 5.41 Å². The molecule has 0 radical (unpaired) electrons. The topological polar surface area (TPSA) is 60.8 Å². The van der Waals surface area contributed by atoms with Crippen LogP contribution in [-0.4, -0.2) is 46.8 Å². The van der Waals surface area contributed by atoms with E-state index in [0.29, 0.717) is 0 Å². The first-order chi connectivity index (χ1) is 6.48. The second-order valence-electron chi connectivity index (χ2n) is 4.52. The van der Waals surface area contributed by atoms with Crippen molar-refractivity contribution in [2.45, 2.75) is 32.7 Å². The van der Waals surface area contributed by atoms with Crippen LogP contribution in [0.3, 0.4) is 0 Å². The van der Waals surface area contributed by atoms with Crippen LogP contribution < -0.4 is 0 Å². The van der Waals surface area contributed by atoms with E-state index >= 15 is 0 Å². The number of aliphatic hydroxyl groups is 1. The van der Waals surface area contributed by atoms with Gasteiger partial charge in [-0.1, -0.05) is 6.92 Å². The van der Waals surface area contributed by atoms with E-state index in [-0.39, 0.29) is 12.0 Å². The SMILES string of the molecule is C[C@H](C(=O)O)N1CCC(C)(CO)CC1. The maximum absolute atomic E-state index is 10.7. The highest BCUT2D eigenvalue weighted by molar-refractivity contribution is 5.72. The summed E-state index contributed by atoms with van der Waals surface area (Å²) < 4.78 is 0. The van der Waals surface area contributed by atoms with E-state index in [1.165, 1.54) is 0 Å². The molecule has 0 aromatic rings. The number of piperidine rings is 1. The lowest BCUT2D eigenvalue weighted by Crippen LogP contribution is -2.47. The van der Waals surface area contributed by atoms with E-state index in [2.05, 4.69) is 6.92 Å². The summed E-state index contributed by atoms with van der Waals surface area (Å²) in [5, 5.41) is 18.0. The highest BCUT2D eigenvalue weighted by Gasteiger charge is 2.32. The first kappa shape index (κ1) is 11.5. The Morgan fingerprint density at radius 1 is 1.50 bits per heavy atom. The molecule has 0 aliphatic carbocycles. The van der Waals surface area contributed by atoms with Crippen LogP contribution in [0.5, 0.6) is 0 Å². The number of aliphatic carboxylic acids is 1. The zero-order valence-corrected chi connectivity index (χ0v) is 8.86. The van der Waals surface area contributed by atoms with E-state index in [0.717, 1.165) is 25.9 Å². The van der Waals surface area contributed by atoms with Crippen LogP contribution in [-0.2, 0) is 4.79 Å². The molecule has 4 heteroatoms. The molecule has 14 heavy (non-hydrogen) atoms. The summed E-state index contributed by atoms with van der Waals surface area (Å²) in [6, 6.07) is -0.404. The number of hydrogen-bond acceptors (Lipinski definition) is 3. The summed E-state index contributed by atoms with van der Waals surface area (Å²) >= 11 is 0. The molecule has 0 aromatic heterocycles. The Hall–Kier alpha value is -0.610. The average Bonchev–Trinajstić information content (AvgIpc) is 2.18. The van der Waals surface area contributed by atoms with Gasteiger partial charge in [-0.2, -0.15) is 0 Å². The van der Waals surface area contributed by atoms with Gasteiger partial charge >= 0.3 is 5.97 Å². The number of carbonyl (C=O) groups is 1. The summed E-state index contributed by atoms with van der Waals surface area (Å²) in [7, 11) is 0. The van der Waals surface area contributed by atoms with Crippen LogP contribution in [0, 0.1) is 5.41 Å². The number of nitrogens with zero attached hydrogens (tertiary/aromatic N) is 1. The van der Waals surface area contributed by atoms with Gasteiger partial charge in [0.1, 0.15) is 6.04 Å². The third-order valence-corrected chi connectivity index (χ3v) is 3.29. The van der Waals surface area contributed by atoms with Crippen LogP contribution in [0.15, 0.2) is 0 Å². The van der Waals surface area contributed by atoms with Crippen molar-refractivity contribution in [3.05, 3.63) is 0 Å². The quantitative estimate of drug-likeness (QED) is 0.700. The molecule has 2 N–H and O–H groups in total. The minimum absolute atomic E-state index is 0.00523. The Labute approximate surface area is 84.5 Å². The van der Waals surface area contributed by atoms with Gasteiger partial charge in [0.25, 0.3) is 0 Å². The van der Waals surface area contributed by atoms with Crippen LogP contribution in [0.1, 0.15) is 26.7 Å². The van der Waals surface area contributed by atoms with Crippen LogP contribution in [0.2, 0.25) is 0 Å². The lowest BCUT2D eigenvalue weighted by Gasteiger charge is -2.39. The van der Waals surface area contributed by atoms with Crippen molar-refractivity contribution in [3.8, 4) is 0 Å². The first-order valence-electron chi connectivity index (χ1n) is 5.06. The van der Waals surface area contributed by atoms with Crippen LogP contribution >= 0.6 is 0 Å². The zero-order chi connectivity index (χ0) is 10.8. The lowest BCUT2D eigenvalue weighted by molar-refractivity contribution is -0.143. The highest BCUT2D eigenvalue weighted by Crippen LogP contribution is 2.30. The largest absolute Gasteiger partial charge is 0.480 e. The number of hydrogen-bond donors (Lipinski definition) is 2. The second kappa shape index (κ2) is 4.28. The van der Waals surface area contributed by atoms with E-state index in [1.807, 2.05) is 4.90 Å². The van der Waals surface area contributed by atoms with Gasteiger partial charge in [-0.25, -0.2) is 0 Å². The minimum Gasteiger partial charge on any atom is -0.480 e. The van der Waals surface area contributed by atoms with Crippen molar-refractivity contribution < 1.29 is 15.0 Å². The normalized spacial score (nSPS) is 24.5. The average molecular weight is 201 g/mol. The van der Waals surface area contributed by atoms with Crippen molar-refractivity contribution in [2.75, 3.05) is 19.7 Å². The van der Waals surface area contributed by atoms with Gasteiger partial charge in [0.2, 0.25) is 0 Å². The number of aliphatic hydroxyl groups excluding tert-OH is 1. The molecular formula is C10H19NO3. The van der Waals surface area contributed by atoms with E-state index in [1.54, 1.807) is 6.92 Å². The van der Waals surface area contributed by atoms with Gasteiger partial charge in [0.15, 0.2) is 0 Å². The molecule has 0 spiro atoms. The molecule has 1 heterocycles. The summed E-state index contributed by atoms with van der Waals surface area (Å²) in [5.41, 5.74) is -0.00523. The van der Waals surface area contributed by atoms with Gasteiger partial charge in [-0.05, 0) is 38.3 Å². The molecule has 0 unspecified atom stereocenters. The smallest absolute Gasteiger partial charge is 0.320 e. The monoisotopic (exact) mass is 201 g/mol. The van der Waals surface area contributed by atoms with Crippen molar-refractivity contribution >= 4 is 5.97 Å². The molecule has 1 saturated heterocycles. The maximum Gasteiger partial charge on any atom is 0.320 e. The van der Waals surface area contributed by atoms with Crippen molar-refractivity contribution in [3.63, 3.8) is 0 Å². The molecule has 1 atom stereocenters. The summed E-state index contributed by atoms with van der Waals surface area (Å²) in [4.78, 5) is 12.7. The molecular weight excluding hydrogens is 182 g/mol. The molecule has 0 aromatic carbocycles. The molecule has 1 aliphatic heterocycles. The Balaban J connectivity index is 2.47. The van der Waals surface area contributed by atoms with Crippen LogP contribution in [0.25, 0.3) is 0 Å². The van der Waals surface area contributed by atoms with Gasteiger partial charge in [0, 0.05) is 6.61 Å². The fourth-order valence-electron chi connectivity index (χ4n) is 1.77. The summed E-state index contributed by atoms with van der Waals surface area (Å²) in [6.07, 6.45) is 1.75. The Morgan fingerprint density at radius 3 is 2.36 bits per heavy atom. The lowest BCUT2D eigenvalue weighted by atomic mass is 9.81. The fraction of sp³-hybridized carbons (Fsp3) is 0.900. The molecule has 0 saturated carbocycles. The molecule has 82 valence electrons. The Morgan fingerprint density at radius 2 is 2.00 bits per heavy atom. The van der Waals surface area contributed by atoms with Gasteiger partial charge in [-0.15, -0.1) is 0 Å². The molecule has 4 nitrogen and oxygen atoms in total. The molecule has 1 rings (SSSR count). The Bertz CT molecular complexity index is 209. The van der Waals surface area contributed by atoms with E-state index < -0.39 is 12.0 Å². The second-order valence-corrected chi connectivity index (χ2v) is 4.52. The van der Waals surface area contributed by atoms with Crippen LogP contribution in [0.4, 0.5) is 0 Å². The van der Waals surface area contributed by atoms with Gasteiger partial charge < -0.3 is 10.2 Å². The van der Waals surface area contributed by atoms with Gasteiger partial charge in [-0.3, -0.25) is 9.69 Å². The number of likely N-dealkylation sites (tertiary alicyclic amines) is 1. The fourth-order valence-corrected chi connectivity index (χ4v) is 1.77.